The van der Waals surface area contributed by atoms with Crippen molar-refractivity contribution in [2.45, 2.75) is 70.0 Å². The number of halogens is 3. The average molecular weight is 336 g/mol. The molecule has 0 spiro atoms. The van der Waals surface area contributed by atoms with E-state index < -0.39 is 12.6 Å². The van der Waals surface area contributed by atoms with Crippen LogP contribution in [0.3, 0.4) is 0 Å². The van der Waals surface area contributed by atoms with Gasteiger partial charge in [-0.2, -0.15) is 13.2 Å². The summed E-state index contributed by atoms with van der Waals surface area (Å²) in [5.74, 6) is 0. The van der Waals surface area contributed by atoms with Gasteiger partial charge in [0.2, 0.25) is 0 Å². The Hall–Kier alpha value is -0.330. The van der Waals surface area contributed by atoms with Gasteiger partial charge in [0.15, 0.2) is 0 Å². The van der Waals surface area contributed by atoms with E-state index in [1.165, 1.54) is 32.1 Å². The second-order valence-electron chi connectivity index (χ2n) is 7.40. The van der Waals surface area contributed by atoms with E-state index in [1.54, 1.807) is 0 Å². The van der Waals surface area contributed by atoms with Gasteiger partial charge in [-0.25, -0.2) is 0 Å². The van der Waals surface area contributed by atoms with Crippen LogP contribution in [0.2, 0.25) is 0 Å². The predicted molar refractivity (Wildman–Crippen MR) is 85.4 cm³/mol. The highest BCUT2D eigenvalue weighted by atomic mass is 19.4. The molecular formula is C17H31F3N2O. The SMILES string of the molecule is OCCC1(CNC2CCN(CCC(F)(F)F)CC2)CCCCC1. The maximum absolute atomic E-state index is 12.3. The molecule has 23 heavy (non-hydrogen) atoms. The summed E-state index contributed by atoms with van der Waals surface area (Å²) in [6, 6.07) is 0.412. The van der Waals surface area contributed by atoms with Crippen molar-refractivity contribution >= 4 is 0 Å². The van der Waals surface area contributed by atoms with Crippen LogP contribution in [0.15, 0.2) is 0 Å². The summed E-state index contributed by atoms with van der Waals surface area (Å²) in [6.07, 6.45) is 4.12. The number of likely N-dealkylation sites (tertiary alicyclic amines) is 1. The van der Waals surface area contributed by atoms with Gasteiger partial charge in [0.25, 0.3) is 0 Å². The molecule has 0 amide bonds. The monoisotopic (exact) mass is 336 g/mol. The molecule has 3 nitrogen and oxygen atoms in total. The number of hydrogen-bond acceptors (Lipinski definition) is 3. The first-order valence-electron chi connectivity index (χ1n) is 9.06. The largest absolute Gasteiger partial charge is 0.396 e. The van der Waals surface area contributed by atoms with Crippen molar-refractivity contribution in [2.75, 3.05) is 32.8 Å². The first kappa shape index (κ1) is 19.0. The molecule has 1 heterocycles. The van der Waals surface area contributed by atoms with Gasteiger partial charge in [-0.05, 0) is 50.6 Å². The number of rotatable bonds is 7. The molecule has 0 aromatic heterocycles. The van der Waals surface area contributed by atoms with E-state index in [0.29, 0.717) is 6.04 Å². The molecule has 2 aliphatic rings. The lowest BCUT2D eigenvalue weighted by atomic mass is 9.71. The first-order chi connectivity index (χ1) is 10.9. The van der Waals surface area contributed by atoms with Crippen molar-refractivity contribution in [1.82, 2.24) is 10.2 Å². The highest BCUT2D eigenvalue weighted by Gasteiger charge is 2.33. The molecular weight excluding hydrogens is 305 g/mol. The van der Waals surface area contributed by atoms with Crippen molar-refractivity contribution in [1.29, 1.82) is 0 Å². The quantitative estimate of drug-likeness (QED) is 0.749. The molecule has 2 rings (SSSR count). The molecule has 2 N–H and O–H groups in total. The van der Waals surface area contributed by atoms with Gasteiger partial charge in [-0.1, -0.05) is 19.3 Å². The minimum atomic E-state index is -4.05. The van der Waals surface area contributed by atoms with Crippen LogP contribution in [0.25, 0.3) is 0 Å². The molecule has 1 saturated heterocycles. The normalized spacial score (nSPS) is 24.0. The van der Waals surface area contributed by atoms with Crippen LogP contribution in [0, 0.1) is 5.41 Å². The van der Waals surface area contributed by atoms with Crippen molar-refractivity contribution in [3.63, 3.8) is 0 Å². The van der Waals surface area contributed by atoms with E-state index in [-0.39, 0.29) is 18.6 Å². The summed E-state index contributed by atoms with van der Waals surface area (Å²) in [7, 11) is 0. The number of nitrogens with one attached hydrogen (secondary N) is 1. The zero-order valence-electron chi connectivity index (χ0n) is 14.0. The Morgan fingerprint density at radius 1 is 1.09 bits per heavy atom. The van der Waals surface area contributed by atoms with Gasteiger partial charge in [0, 0.05) is 25.7 Å². The van der Waals surface area contributed by atoms with E-state index in [2.05, 4.69) is 5.32 Å². The van der Waals surface area contributed by atoms with Gasteiger partial charge < -0.3 is 15.3 Å². The maximum Gasteiger partial charge on any atom is 0.390 e. The summed E-state index contributed by atoms with van der Waals surface area (Å²) >= 11 is 0. The number of hydrogen-bond donors (Lipinski definition) is 2. The minimum absolute atomic E-state index is 0.130. The maximum atomic E-state index is 12.3. The molecule has 0 atom stereocenters. The number of piperidine rings is 1. The molecule has 1 aliphatic carbocycles. The van der Waals surface area contributed by atoms with Crippen LogP contribution in [-0.2, 0) is 0 Å². The van der Waals surface area contributed by atoms with Crippen LogP contribution in [0.5, 0.6) is 0 Å². The predicted octanol–water partition coefficient (Wildman–Crippen LogP) is 3.33. The van der Waals surface area contributed by atoms with Crippen LogP contribution in [0.4, 0.5) is 13.2 Å². The van der Waals surface area contributed by atoms with Gasteiger partial charge >= 0.3 is 6.18 Å². The van der Waals surface area contributed by atoms with Crippen molar-refractivity contribution in [2.24, 2.45) is 5.41 Å². The fourth-order valence-electron chi connectivity index (χ4n) is 4.06. The third-order valence-electron chi connectivity index (χ3n) is 5.62. The first-order valence-corrected chi connectivity index (χ1v) is 9.06. The van der Waals surface area contributed by atoms with Crippen LogP contribution >= 0.6 is 0 Å². The van der Waals surface area contributed by atoms with Gasteiger partial charge in [-0.3, -0.25) is 0 Å². The van der Waals surface area contributed by atoms with Crippen molar-refractivity contribution in [3.8, 4) is 0 Å². The molecule has 0 aromatic carbocycles. The summed E-state index contributed by atoms with van der Waals surface area (Å²) in [6.45, 7) is 2.82. The molecule has 136 valence electrons. The molecule has 0 radical (unpaired) electrons. The zero-order chi connectivity index (χ0) is 16.8. The summed E-state index contributed by atoms with van der Waals surface area (Å²) in [5, 5.41) is 13.0. The number of aliphatic hydroxyl groups excluding tert-OH is 1. The van der Waals surface area contributed by atoms with Crippen LogP contribution in [-0.4, -0.2) is 55.0 Å². The Balaban J connectivity index is 1.69. The highest BCUT2D eigenvalue weighted by molar-refractivity contribution is 4.87. The number of nitrogens with zero attached hydrogens (tertiary/aromatic N) is 1. The average Bonchev–Trinajstić information content (AvgIpc) is 2.53. The lowest BCUT2D eigenvalue weighted by molar-refractivity contribution is -0.138. The molecule has 2 fully saturated rings. The second-order valence-corrected chi connectivity index (χ2v) is 7.40. The molecule has 1 saturated carbocycles. The summed E-state index contributed by atoms with van der Waals surface area (Å²) in [4.78, 5) is 1.93. The zero-order valence-corrected chi connectivity index (χ0v) is 14.0. The third kappa shape index (κ3) is 6.59. The smallest absolute Gasteiger partial charge is 0.390 e. The van der Waals surface area contributed by atoms with E-state index in [4.69, 9.17) is 0 Å². The van der Waals surface area contributed by atoms with Crippen LogP contribution in [0.1, 0.15) is 57.8 Å². The van der Waals surface area contributed by atoms with Crippen molar-refractivity contribution < 1.29 is 18.3 Å². The van der Waals surface area contributed by atoms with E-state index in [9.17, 15) is 18.3 Å². The van der Waals surface area contributed by atoms with Gasteiger partial charge in [-0.15, -0.1) is 0 Å². The molecule has 0 unspecified atom stereocenters. The third-order valence-corrected chi connectivity index (χ3v) is 5.62. The molecule has 0 aromatic rings. The standard InChI is InChI=1S/C17H31F3N2O/c18-17(19,20)8-12-22-10-4-15(5-11-22)21-14-16(9-13-23)6-2-1-3-7-16/h15,21,23H,1-14H2. The highest BCUT2D eigenvalue weighted by Crippen LogP contribution is 2.38. The Morgan fingerprint density at radius 3 is 2.30 bits per heavy atom. The topological polar surface area (TPSA) is 35.5 Å². The Kier molecular flexibility index (Phi) is 7.17. The van der Waals surface area contributed by atoms with Gasteiger partial charge in [0.05, 0.1) is 6.42 Å². The number of alkyl halides is 3. The molecule has 0 bridgehead atoms. The van der Waals surface area contributed by atoms with E-state index >= 15 is 0 Å². The van der Waals surface area contributed by atoms with Gasteiger partial charge in [0.1, 0.15) is 0 Å². The lowest BCUT2D eigenvalue weighted by Crippen LogP contribution is -2.47. The van der Waals surface area contributed by atoms with Crippen LogP contribution < -0.4 is 5.32 Å². The van der Waals surface area contributed by atoms with E-state index in [1.807, 2.05) is 4.90 Å². The Bertz CT molecular complexity index is 330. The number of aliphatic hydroxyl groups is 1. The second kappa shape index (κ2) is 8.67. The fourth-order valence-corrected chi connectivity index (χ4v) is 4.06. The molecule has 6 heteroatoms. The Morgan fingerprint density at radius 2 is 1.74 bits per heavy atom. The summed E-state index contributed by atoms with van der Waals surface area (Å²) < 4.78 is 36.8. The van der Waals surface area contributed by atoms with Crippen molar-refractivity contribution in [3.05, 3.63) is 0 Å². The lowest BCUT2D eigenvalue weighted by Gasteiger charge is -2.40. The minimum Gasteiger partial charge on any atom is -0.396 e. The van der Waals surface area contributed by atoms with E-state index in [0.717, 1.165) is 38.9 Å². The fraction of sp³-hybridized carbons (Fsp3) is 1.00. The molecule has 1 aliphatic heterocycles. The summed E-state index contributed by atoms with van der Waals surface area (Å²) in [5.41, 5.74) is 0.237. The Labute approximate surface area is 137 Å².